The third kappa shape index (κ3) is 2.10. The Morgan fingerprint density at radius 1 is 1.62 bits per heavy atom. The Morgan fingerprint density at radius 2 is 2.23 bits per heavy atom. The van der Waals surface area contributed by atoms with Crippen LogP contribution in [0, 0.1) is 0 Å². The molecule has 0 aromatic rings. The van der Waals surface area contributed by atoms with Crippen LogP contribution >= 0.6 is 0 Å². The second-order valence-corrected chi connectivity index (χ2v) is 3.39. The number of allylic oxidation sites excluding steroid dienone is 1. The average molecular weight is 184 g/mol. The maximum Gasteiger partial charge on any atom is 0.334 e. The molecular formula is C10H16O3. The molecule has 0 aliphatic carbocycles. The number of rotatable bonds is 3. The second-order valence-electron chi connectivity index (χ2n) is 3.39. The fourth-order valence-corrected chi connectivity index (χ4v) is 1.06. The van der Waals surface area contributed by atoms with Crippen molar-refractivity contribution in [1.29, 1.82) is 0 Å². The van der Waals surface area contributed by atoms with Crippen molar-refractivity contribution in [3.8, 4) is 0 Å². The summed E-state index contributed by atoms with van der Waals surface area (Å²) in [5.41, 5.74) is 0.307. The monoisotopic (exact) mass is 184 g/mol. The number of carbonyl (C=O) groups is 1. The van der Waals surface area contributed by atoms with Gasteiger partial charge in [-0.25, -0.2) is 4.79 Å². The van der Waals surface area contributed by atoms with Gasteiger partial charge in [0.1, 0.15) is 0 Å². The van der Waals surface area contributed by atoms with Crippen LogP contribution in [0.4, 0.5) is 0 Å². The SMILES string of the molecule is C/C=C(\C)C(=O)OC1(CC)COC1. The Labute approximate surface area is 78.7 Å². The molecule has 0 aromatic heterocycles. The van der Waals surface area contributed by atoms with Gasteiger partial charge >= 0.3 is 5.97 Å². The predicted molar refractivity (Wildman–Crippen MR) is 49.4 cm³/mol. The smallest absolute Gasteiger partial charge is 0.334 e. The van der Waals surface area contributed by atoms with Crippen LogP contribution in [-0.2, 0) is 14.3 Å². The highest BCUT2D eigenvalue weighted by Gasteiger charge is 2.40. The van der Waals surface area contributed by atoms with E-state index in [4.69, 9.17) is 9.47 Å². The molecule has 3 heteroatoms. The Bertz CT molecular complexity index is 221. The minimum atomic E-state index is -0.346. The third-order valence-electron chi connectivity index (χ3n) is 2.44. The van der Waals surface area contributed by atoms with Crippen molar-refractivity contribution < 1.29 is 14.3 Å². The fourth-order valence-electron chi connectivity index (χ4n) is 1.06. The molecule has 0 bridgehead atoms. The first-order chi connectivity index (χ1) is 6.13. The lowest BCUT2D eigenvalue weighted by atomic mass is 9.98. The van der Waals surface area contributed by atoms with Crippen molar-refractivity contribution in [3.63, 3.8) is 0 Å². The van der Waals surface area contributed by atoms with Gasteiger partial charge < -0.3 is 9.47 Å². The molecule has 3 nitrogen and oxygen atoms in total. The molecule has 74 valence electrons. The van der Waals surface area contributed by atoms with E-state index in [2.05, 4.69) is 0 Å². The van der Waals surface area contributed by atoms with Gasteiger partial charge in [0.05, 0.1) is 13.2 Å². The number of hydrogen-bond donors (Lipinski definition) is 0. The highest BCUT2D eigenvalue weighted by molar-refractivity contribution is 5.88. The number of carbonyl (C=O) groups excluding carboxylic acids is 1. The molecule has 1 aliphatic rings. The van der Waals surface area contributed by atoms with Crippen molar-refractivity contribution in [2.75, 3.05) is 13.2 Å². The number of hydrogen-bond acceptors (Lipinski definition) is 3. The minimum Gasteiger partial charge on any atom is -0.451 e. The summed E-state index contributed by atoms with van der Waals surface area (Å²) in [5, 5.41) is 0. The van der Waals surface area contributed by atoms with Gasteiger partial charge in [0.15, 0.2) is 5.60 Å². The summed E-state index contributed by atoms with van der Waals surface area (Å²) in [7, 11) is 0. The molecule has 0 unspecified atom stereocenters. The Balaban J connectivity index is 2.52. The second kappa shape index (κ2) is 3.92. The molecular weight excluding hydrogens is 168 g/mol. The van der Waals surface area contributed by atoms with E-state index < -0.39 is 0 Å². The fraction of sp³-hybridized carbons (Fsp3) is 0.700. The summed E-state index contributed by atoms with van der Waals surface area (Å²) in [5.74, 6) is -0.229. The van der Waals surface area contributed by atoms with Crippen LogP contribution in [0.5, 0.6) is 0 Å². The number of ether oxygens (including phenoxy) is 2. The minimum absolute atomic E-state index is 0.229. The van der Waals surface area contributed by atoms with Crippen LogP contribution in [0.3, 0.4) is 0 Å². The highest BCUT2D eigenvalue weighted by atomic mass is 16.6. The van der Waals surface area contributed by atoms with Gasteiger partial charge in [-0.3, -0.25) is 0 Å². The molecule has 0 spiro atoms. The summed E-state index contributed by atoms with van der Waals surface area (Å²) in [6.45, 7) is 6.65. The molecule has 0 saturated carbocycles. The molecule has 1 rings (SSSR count). The van der Waals surface area contributed by atoms with Crippen molar-refractivity contribution in [2.24, 2.45) is 0 Å². The Kier molecular flexibility index (Phi) is 3.09. The van der Waals surface area contributed by atoms with E-state index in [0.717, 1.165) is 6.42 Å². The maximum atomic E-state index is 11.4. The average Bonchev–Trinajstić information content (AvgIpc) is 2.09. The van der Waals surface area contributed by atoms with Gasteiger partial charge in [0, 0.05) is 5.57 Å². The predicted octanol–water partition coefficient (Wildman–Crippen LogP) is 1.67. The molecule has 1 fully saturated rings. The Hall–Kier alpha value is -0.830. The van der Waals surface area contributed by atoms with E-state index in [1.165, 1.54) is 0 Å². The van der Waals surface area contributed by atoms with Crippen molar-refractivity contribution in [2.45, 2.75) is 32.8 Å². The summed E-state index contributed by atoms with van der Waals surface area (Å²) >= 11 is 0. The standard InChI is InChI=1S/C10H16O3/c1-4-8(3)9(11)13-10(5-2)6-12-7-10/h4H,5-7H2,1-3H3/b8-4+. The largest absolute Gasteiger partial charge is 0.451 e. The van der Waals surface area contributed by atoms with Crippen molar-refractivity contribution in [1.82, 2.24) is 0 Å². The maximum absolute atomic E-state index is 11.4. The quantitative estimate of drug-likeness (QED) is 0.494. The van der Waals surface area contributed by atoms with E-state index in [0.29, 0.717) is 18.8 Å². The van der Waals surface area contributed by atoms with Crippen LogP contribution in [0.25, 0.3) is 0 Å². The van der Waals surface area contributed by atoms with Crippen LogP contribution in [0.15, 0.2) is 11.6 Å². The molecule has 0 amide bonds. The first-order valence-electron chi connectivity index (χ1n) is 4.57. The highest BCUT2D eigenvalue weighted by Crippen LogP contribution is 2.26. The van der Waals surface area contributed by atoms with E-state index in [-0.39, 0.29) is 11.6 Å². The van der Waals surface area contributed by atoms with Gasteiger partial charge in [-0.1, -0.05) is 13.0 Å². The summed E-state index contributed by atoms with van der Waals surface area (Å²) in [6.07, 6.45) is 2.57. The van der Waals surface area contributed by atoms with Gasteiger partial charge in [-0.2, -0.15) is 0 Å². The zero-order valence-electron chi connectivity index (χ0n) is 8.42. The van der Waals surface area contributed by atoms with Gasteiger partial charge in [-0.05, 0) is 20.3 Å². The van der Waals surface area contributed by atoms with Gasteiger partial charge in [0.2, 0.25) is 0 Å². The molecule has 0 radical (unpaired) electrons. The summed E-state index contributed by atoms with van der Waals surface area (Å²) in [6, 6.07) is 0. The zero-order valence-corrected chi connectivity index (χ0v) is 8.42. The summed E-state index contributed by atoms with van der Waals surface area (Å²) in [4.78, 5) is 11.4. The topological polar surface area (TPSA) is 35.5 Å². The molecule has 0 aromatic carbocycles. The summed E-state index contributed by atoms with van der Waals surface area (Å²) < 4.78 is 10.4. The molecule has 13 heavy (non-hydrogen) atoms. The first kappa shape index (κ1) is 10.3. The lowest BCUT2D eigenvalue weighted by Crippen LogP contribution is -2.52. The lowest BCUT2D eigenvalue weighted by molar-refractivity contribution is -0.210. The van der Waals surface area contributed by atoms with Crippen LogP contribution in [-0.4, -0.2) is 24.8 Å². The molecule has 1 aliphatic heterocycles. The Morgan fingerprint density at radius 3 is 2.54 bits per heavy atom. The van der Waals surface area contributed by atoms with Crippen LogP contribution < -0.4 is 0 Å². The zero-order chi connectivity index (χ0) is 9.90. The van der Waals surface area contributed by atoms with Crippen molar-refractivity contribution >= 4 is 5.97 Å². The van der Waals surface area contributed by atoms with Crippen LogP contribution in [0.2, 0.25) is 0 Å². The van der Waals surface area contributed by atoms with E-state index >= 15 is 0 Å². The third-order valence-corrected chi connectivity index (χ3v) is 2.44. The lowest BCUT2D eigenvalue weighted by Gasteiger charge is -2.39. The van der Waals surface area contributed by atoms with Gasteiger partial charge in [-0.15, -0.1) is 0 Å². The van der Waals surface area contributed by atoms with E-state index in [1.807, 2.05) is 13.8 Å². The van der Waals surface area contributed by atoms with Crippen LogP contribution in [0.1, 0.15) is 27.2 Å². The first-order valence-corrected chi connectivity index (χ1v) is 4.57. The number of esters is 1. The molecule has 1 saturated heterocycles. The molecule has 0 atom stereocenters. The van der Waals surface area contributed by atoms with E-state index in [9.17, 15) is 4.79 Å². The molecule has 1 heterocycles. The van der Waals surface area contributed by atoms with Gasteiger partial charge in [0.25, 0.3) is 0 Å². The molecule has 0 N–H and O–H groups in total. The normalized spacial score (nSPS) is 20.7. The van der Waals surface area contributed by atoms with E-state index in [1.54, 1.807) is 13.0 Å². The van der Waals surface area contributed by atoms with Crippen molar-refractivity contribution in [3.05, 3.63) is 11.6 Å².